The van der Waals surface area contributed by atoms with Crippen molar-refractivity contribution in [2.45, 2.75) is 37.2 Å². The Bertz CT molecular complexity index is 814. The molecule has 0 aliphatic heterocycles. The molecule has 176 valence electrons. The Labute approximate surface area is 196 Å². The lowest BCUT2D eigenvalue weighted by Crippen LogP contribution is -2.35. The lowest BCUT2D eigenvalue weighted by Gasteiger charge is -2.23. The number of esters is 1. The van der Waals surface area contributed by atoms with Gasteiger partial charge in [0.1, 0.15) is 24.2 Å². The Morgan fingerprint density at radius 2 is 1.81 bits per heavy atom. The van der Waals surface area contributed by atoms with Crippen molar-refractivity contribution in [3.8, 4) is 11.5 Å². The molecule has 0 fully saturated rings. The van der Waals surface area contributed by atoms with E-state index in [0.717, 1.165) is 29.9 Å². The van der Waals surface area contributed by atoms with Gasteiger partial charge in [-0.1, -0.05) is 30.3 Å². The van der Waals surface area contributed by atoms with Crippen LogP contribution in [0.1, 0.15) is 24.0 Å². The average Bonchev–Trinajstić information content (AvgIpc) is 2.80. The van der Waals surface area contributed by atoms with Gasteiger partial charge < -0.3 is 24.8 Å². The quantitative estimate of drug-likeness (QED) is 0.340. The SMILES string of the molecule is COc1ccc(CCc2ccccc2OC[C@H](CN(C)C)OC(=O)CC[C@H](N)SC)cc1. The minimum atomic E-state index is -0.349. The molecule has 0 saturated carbocycles. The van der Waals surface area contributed by atoms with Gasteiger partial charge in [0.05, 0.1) is 12.5 Å². The highest BCUT2D eigenvalue weighted by molar-refractivity contribution is 7.99. The molecule has 0 saturated heterocycles. The van der Waals surface area contributed by atoms with Crippen LogP contribution in [-0.4, -0.2) is 63.0 Å². The molecule has 2 aromatic carbocycles. The molecule has 0 aliphatic carbocycles. The van der Waals surface area contributed by atoms with E-state index in [1.807, 2.05) is 55.6 Å². The van der Waals surface area contributed by atoms with Crippen LogP contribution >= 0.6 is 11.8 Å². The number of rotatable bonds is 14. The molecule has 0 radical (unpaired) electrons. The third kappa shape index (κ3) is 9.51. The molecule has 0 bridgehead atoms. The predicted molar refractivity (Wildman–Crippen MR) is 131 cm³/mol. The molecule has 0 heterocycles. The van der Waals surface area contributed by atoms with Crippen LogP contribution < -0.4 is 15.2 Å². The molecule has 0 aliphatic rings. The van der Waals surface area contributed by atoms with Gasteiger partial charge in [-0.2, -0.15) is 0 Å². The number of nitrogens with two attached hydrogens (primary N) is 1. The Morgan fingerprint density at radius 3 is 2.47 bits per heavy atom. The number of ether oxygens (including phenoxy) is 3. The van der Waals surface area contributed by atoms with Gasteiger partial charge in [0.25, 0.3) is 0 Å². The van der Waals surface area contributed by atoms with Gasteiger partial charge in [-0.25, -0.2) is 0 Å². The number of aryl methyl sites for hydroxylation is 2. The lowest BCUT2D eigenvalue weighted by molar-refractivity contribution is -0.151. The molecule has 2 N–H and O–H groups in total. The maximum absolute atomic E-state index is 12.3. The lowest BCUT2D eigenvalue weighted by atomic mass is 10.0. The molecule has 0 amide bonds. The smallest absolute Gasteiger partial charge is 0.306 e. The van der Waals surface area contributed by atoms with Gasteiger partial charge in [-0.05, 0) is 68.9 Å². The molecule has 2 aromatic rings. The largest absolute Gasteiger partial charge is 0.497 e. The molecule has 2 atom stereocenters. The van der Waals surface area contributed by atoms with Gasteiger partial charge in [0.2, 0.25) is 0 Å². The first-order valence-corrected chi connectivity index (χ1v) is 12.2. The summed E-state index contributed by atoms with van der Waals surface area (Å²) in [4.78, 5) is 14.3. The summed E-state index contributed by atoms with van der Waals surface area (Å²) < 4.78 is 17.0. The van der Waals surface area contributed by atoms with Crippen molar-refractivity contribution >= 4 is 17.7 Å². The summed E-state index contributed by atoms with van der Waals surface area (Å²) in [5.41, 5.74) is 8.25. The first kappa shape index (κ1) is 26.0. The minimum Gasteiger partial charge on any atom is -0.497 e. The summed E-state index contributed by atoms with van der Waals surface area (Å²) in [7, 11) is 5.57. The maximum Gasteiger partial charge on any atom is 0.306 e. The molecule has 0 aromatic heterocycles. The van der Waals surface area contributed by atoms with E-state index >= 15 is 0 Å². The van der Waals surface area contributed by atoms with Crippen molar-refractivity contribution in [3.05, 3.63) is 59.7 Å². The van der Waals surface area contributed by atoms with Crippen molar-refractivity contribution in [3.63, 3.8) is 0 Å². The number of hydrogen-bond acceptors (Lipinski definition) is 7. The fourth-order valence-corrected chi connectivity index (χ4v) is 3.61. The van der Waals surface area contributed by atoms with E-state index in [-0.39, 0.29) is 17.4 Å². The van der Waals surface area contributed by atoms with Crippen LogP contribution in [0.2, 0.25) is 0 Å². The van der Waals surface area contributed by atoms with Crippen molar-refractivity contribution < 1.29 is 19.0 Å². The van der Waals surface area contributed by atoms with Crippen molar-refractivity contribution in [2.24, 2.45) is 5.73 Å². The number of thioether (sulfide) groups is 1. The third-order valence-electron chi connectivity index (χ3n) is 5.04. The number of nitrogens with zero attached hydrogens (tertiary/aromatic N) is 1. The molecular formula is C25H36N2O4S. The van der Waals surface area contributed by atoms with Crippen LogP contribution in [0.5, 0.6) is 11.5 Å². The van der Waals surface area contributed by atoms with E-state index in [1.165, 1.54) is 5.56 Å². The standard InChI is InChI=1S/C25H36N2O4S/c1-27(2)17-22(31-25(28)16-15-24(26)32-4)18-30-23-8-6-5-7-20(23)12-9-19-10-13-21(29-3)14-11-19/h5-8,10-11,13-14,22,24H,9,12,15-18,26H2,1-4H3/t22-,24+/m0/s1. The Morgan fingerprint density at radius 1 is 1.09 bits per heavy atom. The Kier molecular flexibility index (Phi) is 11.4. The zero-order valence-electron chi connectivity index (χ0n) is 19.6. The first-order valence-electron chi connectivity index (χ1n) is 10.9. The highest BCUT2D eigenvalue weighted by atomic mass is 32.2. The molecule has 7 heteroatoms. The summed E-state index contributed by atoms with van der Waals surface area (Å²) in [5, 5.41) is -0.0522. The first-order chi connectivity index (χ1) is 15.4. The van der Waals surface area contributed by atoms with E-state index in [2.05, 4.69) is 18.2 Å². The van der Waals surface area contributed by atoms with Gasteiger partial charge in [-0.3, -0.25) is 4.79 Å². The topological polar surface area (TPSA) is 74.0 Å². The summed E-state index contributed by atoms with van der Waals surface area (Å²) in [5.74, 6) is 1.44. The number of methoxy groups -OCH3 is 1. The Balaban J connectivity index is 1.94. The van der Waals surface area contributed by atoms with E-state index < -0.39 is 0 Å². The van der Waals surface area contributed by atoms with Crippen LogP contribution in [0.25, 0.3) is 0 Å². The van der Waals surface area contributed by atoms with Crippen LogP contribution in [0.4, 0.5) is 0 Å². The number of carbonyl (C=O) groups is 1. The van der Waals surface area contributed by atoms with Crippen molar-refractivity contribution in [2.75, 3.05) is 40.6 Å². The predicted octanol–water partition coefficient (Wildman–Crippen LogP) is 3.76. The van der Waals surface area contributed by atoms with Crippen LogP contribution in [-0.2, 0) is 22.4 Å². The second kappa shape index (κ2) is 14.0. The van der Waals surface area contributed by atoms with Gasteiger partial charge in [0.15, 0.2) is 0 Å². The fraction of sp³-hybridized carbons (Fsp3) is 0.480. The second-order valence-electron chi connectivity index (χ2n) is 7.95. The van der Waals surface area contributed by atoms with Gasteiger partial charge >= 0.3 is 5.97 Å². The van der Waals surface area contributed by atoms with Crippen LogP contribution in [0.3, 0.4) is 0 Å². The Hall–Kier alpha value is -2.22. The average molecular weight is 461 g/mol. The van der Waals surface area contributed by atoms with Gasteiger partial charge in [0, 0.05) is 13.0 Å². The number of benzene rings is 2. The molecule has 32 heavy (non-hydrogen) atoms. The highest BCUT2D eigenvalue weighted by Gasteiger charge is 2.18. The number of carbonyl (C=O) groups excluding carboxylic acids is 1. The fourth-order valence-electron chi connectivity index (χ4n) is 3.26. The summed E-state index contributed by atoms with van der Waals surface area (Å²) in [6.45, 7) is 0.895. The molecule has 6 nitrogen and oxygen atoms in total. The van der Waals surface area contributed by atoms with Crippen molar-refractivity contribution in [1.82, 2.24) is 4.90 Å². The number of likely N-dealkylation sites (N-methyl/N-ethyl adjacent to an activating group) is 1. The summed E-state index contributed by atoms with van der Waals surface area (Å²) in [6.07, 6.45) is 4.25. The van der Waals surface area contributed by atoms with Gasteiger partial charge in [-0.15, -0.1) is 11.8 Å². The molecule has 0 spiro atoms. The van der Waals surface area contributed by atoms with Crippen LogP contribution in [0, 0.1) is 0 Å². The zero-order valence-corrected chi connectivity index (χ0v) is 20.4. The van der Waals surface area contributed by atoms with E-state index in [9.17, 15) is 4.79 Å². The van der Waals surface area contributed by atoms with E-state index in [1.54, 1.807) is 18.9 Å². The van der Waals surface area contributed by atoms with E-state index in [0.29, 0.717) is 26.0 Å². The highest BCUT2D eigenvalue weighted by Crippen LogP contribution is 2.21. The third-order valence-corrected chi connectivity index (χ3v) is 5.88. The minimum absolute atomic E-state index is 0.0522. The number of para-hydroxylation sites is 1. The van der Waals surface area contributed by atoms with Crippen molar-refractivity contribution in [1.29, 1.82) is 0 Å². The monoisotopic (exact) mass is 460 g/mol. The molecule has 2 rings (SSSR count). The second-order valence-corrected chi connectivity index (χ2v) is 9.03. The molecule has 0 unspecified atom stereocenters. The maximum atomic E-state index is 12.3. The van der Waals surface area contributed by atoms with E-state index in [4.69, 9.17) is 19.9 Å². The zero-order chi connectivity index (χ0) is 23.3. The summed E-state index contributed by atoms with van der Waals surface area (Å²) in [6, 6.07) is 16.1. The summed E-state index contributed by atoms with van der Waals surface area (Å²) >= 11 is 1.54. The molecular weight excluding hydrogens is 424 g/mol. The normalized spacial score (nSPS) is 12.9. The van der Waals surface area contributed by atoms with Crippen LogP contribution in [0.15, 0.2) is 48.5 Å². The number of hydrogen-bond donors (Lipinski definition) is 1.